The van der Waals surface area contributed by atoms with Gasteiger partial charge in [0.05, 0.1) is 16.6 Å². The Balaban J connectivity index is 1.13. The van der Waals surface area contributed by atoms with Crippen LogP contribution in [-0.2, 0) is 0 Å². The summed E-state index contributed by atoms with van der Waals surface area (Å²) < 4.78 is 5.05. The van der Waals surface area contributed by atoms with Crippen molar-refractivity contribution in [3.63, 3.8) is 0 Å². The van der Waals surface area contributed by atoms with E-state index in [1.165, 1.54) is 63.8 Å². The first-order chi connectivity index (χ1) is 24.8. The lowest BCUT2D eigenvalue weighted by atomic mass is 9.97. The summed E-state index contributed by atoms with van der Waals surface area (Å²) in [6.45, 7) is 0. The Bertz CT molecular complexity index is 3030. The number of thiophene rings is 1. The van der Waals surface area contributed by atoms with E-state index in [9.17, 15) is 0 Å². The number of nitrogens with zero attached hydrogens (tertiary/aromatic N) is 4. The normalized spacial score (nSPS) is 12.0. The minimum atomic E-state index is 0.654. The van der Waals surface area contributed by atoms with Gasteiger partial charge in [-0.05, 0) is 41.5 Å². The van der Waals surface area contributed by atoms with Gasteiger partial charge in [-0.25, -0.2) is 15.0 Å². The van der Waals surface area contributed by atoms with Gasteiger partial charge in [-0.15, -0.1) is 11.3 Å². The minimum absolute atomic E-state index is 0.654. The highest BCUT2D eigenvalue weighted by molar-refractivity contribution is 7.26. The molecule has 50 heavy (non-hydrogen) atoms. The average Bonchev–Trinajstić information content (AvgIpc) is 3.84. The van der Waals surface area contributed by atoms with Crippen LogP contribution < -0.4 is 0 Å². The first kappa shape index (κ1) is 27.5. The predicted molar refractivity (Wildman–Crippen MR) is 209 cm³/mol. The van der Waals surface area contributed by atoms with Gasteiger partial charge in [0.2, 0.25) is 0 Å². The van der Waals surface area contributed by atoms with E-state index >= 15 is 0 Å². The van der Waals surface area contributed by atoms with Gasteiger partial charge in [-0.2, -0.15) is 0 Å². The van der Waals surface area contributed by atoms with Crippen molar-refractivity contribution in [2.45, 2.75) is 0 Å². The molecular formula is C45H26N4S. The van der Waals surface area contributed by atoms with Crippen molar-refractivity contribution in [3.05, 3.63) is 158 Å². The van der Waals surface area contributed by atoms with Crippen molar-refractivity contribution in [2.24, 2.45) is 0 Å². The third kappa shape index (κ3) is 4.01. The average molecular weight is 655 g/mol. The van der Waals surface area contributed by atoms with Gasteiger partial charge in [0.1, 0.15) is 0 Å². The smallest absolute Gasteiger partial charge is 0.164 e. The van der Waals surface area contributed by atoms with E-state index < -0.39 is 0 Å². The molecule has 0 spiro atoms. The Labute approximate surface area is 290 Å². The molecular weight excluding hydrogens is 629 g/mol. The molecule has 0 saturated carbocycles. The third-order valence-corrected chi connectivity index (χ3v) is 11.1. The van der Waals surface area contributed by atoms with Gasteiger partial charge < -0.3 is 4.40 Å². The highest BCUT2D eigenvalue weighted by atomic mass is 32.1. The SMILES string of the molecule is c1ccc(-c2nc(-c3ccccc3)nc(-c3cccc(-c4cccc5sc6cc7c8cccc9c%10ccccc%10n(c7cc6c45)c98)c3)n2)cc1. The third-order valence-electron chi connectivity index (χ3n) is 9.97. The maximum absolute atomic E-state index is 5.01. The van der Waals surface area contributed by atoms with Gasteiger partial charge in [0, 0.05) is 58.4 Å². The second-order valence-electron chi connectivity index (χ2n) is 12.8. The van der Waals surface area contributed by atoms with Crippen LogP contribution in [0.2, 0.25) is 0 Å². The van der Waals surface area contributed by atoms with Crippen LogP contribution in [0.4, 0.5) is 0 Å². The minimum Gasteiger partial charge on any atom is -0.308 e. The zero-order valence-corrected chi connectivity index (χ0v) is 27.5. The Hall–Kier alpha value is -6.43. The van der Waals surface area contributed by atoms with Crippen LogP contribution in [0.25, 0.3) is 104 Å². The molecule has 7 aromatic carbocycles. The molecule has 5 heteroatoms. The molecule has 11 rings (SSSR count). The number of fused-ring (bicyclic) bond motifs is 9. The molecule has 11 aromatic rings. The summed E-state index contributed by atoms with van der Waals surface area (Å²) in [5.74, 6) is 1.97. The number of rotatable bonds is 4. The van der Waals surface area contributed by atoms with Crippen LogP contribution in [0.1, 0.15) is 0 Å². The second-order valence-corrected chi connectivity index (χ2v) is 13.9. The van der Waals surface area contributed by atoms with E-state index in [-0.39, 0.29) is 0 Å². The number of hydrogen-bond donors (Lipinski definition) is 0. The summed E-state index contributed by atoms with van der Waals surface area (Å²) in [5.41, 5.74) is 9.02. The Kier molecular flexibility index (Phi) is 5.80. The van der Waals surface area contributed by atoms with Crippen molar-refractivity contribution in [1.29, 1.82) is 0 Å². The standard InChI is InChI=1S/C45H26N4S/c1-3-12-27(13-4-1)43-46-44(28-14-5-2-6-15-28)48-45(47-43)30-17-9-16-29(24-30)31-19-11-23-39-41(31)36-25-38-35(26-40(36)50-39)34-21-10-20-33-32-18-7-8-22-37(32)49(38)42(33)34/h1-26H. The Morgan fingerprint density at radius 2 is 0.960 bits per heavy atom. The van der Waals surface area contributed by atoms with Crippen LogP contribution in [0.3, 0.4) is 0 Å². The highest BCUT2D eigenvalue weighted by Gasteiger charge is 2.20. The van der Waals surface area contributed by atoms with Gasteiger partial charge in [0.25, 0.3) is 0 Å². The second kappa shape index (κ2) is 10.5. The van der Waals surface area contributed by atoms with E-state index in [2.05, 4.69) is 101 Å². The summed E-state index contributed by atoms with van der Waals surface area (Å²) in [4.78, 5) is 14.9. The fourth-order valence-electron chi connectivity index (χ4n) is 7.75. The van der Waals surface area contributed by atoms with Crippen molar-refractivity contribution in [3.8, 4) is 45.3 Å². The first-order valence-corrected chi connectivity index (χ1v) is 17.6. The van der Waals surface area contributed by atoms with E-state index in [0.717, 1.165) is 22.3 Å². The van der Waals surface area contributed by atoms with Gasteiger partial charge >= 0.3 is 0 Å². The molecule has 4 heterocycles. The fraction of sp³-hybridized carbons (Fsp3) is 0. The van der Waals surface area contributed by atoms with Crippen LogP contribution >= 0.6 is 11.3 Å². The highest BCUT2D eigenvalue weighted by Crippen LogP contribution is 2.45. The van der Waals surface area contributed by atoms with Crippen molar-refractivity contribution in [2.75, 3.05) is 0 Å². The fourth-order valence-corrected chi connectivity index (χ4v) is 8.90. The van der Waals surface area contributed by atoms with Gasteiger partial charge in [-0.1, -0.05) is 127 Å². The molecule has 0 aliphatic rings. The molecule has 232 valence electrons. The summed E-state index contributed by atoms with van der Waals surface area (Å²) in [7, 11) is 0. The summed E-state index contributed by atoms with van der Waals surface area (Å²) in [6, 6.07) is 55.9. The van der Waals surface area contributed by atoms with Crippen LogP contribution in [0.15, 0.2) is 158 Å². The van der Waals surface area contributed by atoms with Crippen molar-refractivity contribution in [1.82, 2.24) is 19.4 Å². The largest absolute Gasteiger partial charge is 0.308 e. The number of para-hydroxylation sites is 2. The van der Waals surface area contributed by atoms with Crippen molar-refractivity contribution >= 4 is 69.6 Å². The quantitative estimate of drug-likeness (QED) is 0.190. The molecule has 0 amide bonds. The zero-order chi connectivity index (χ0) is 32.8. The lowest BCUT2D eigenvalue weighted by Gasteiger charge is -2.10. The topological polar surface area (TPSA) is 43.1 Å². The van der Waals surface area contributed by atoms with Crippen LogP contribution in [0, 0.1) is 0 Å². The number of benzene rings is 7. The number of aromatic nitrogens is 4. The molecule has 0 fully saturated rings. The molecule has 4 aromatic heterocycles. The molecule has 0 saturated heterocycles. The van der Waals surface area contributed by atoms with E-state index in [0.29, 0.717) is 17.5 Å². The first-order valence-electron chi connectivity index (χ1n) is 16.8. The summed E-state index contributed by atoms with van der Waals surface area (Å²) in [5, 5.41) is 7.78. The maximum atomic E-state index is 5.01. The van der Waals surface area contributed by atoms with E-state index in [1.54, 1.807) is 0 Å². The summed E-state index contributed by atoms with van der Waals surface area (Å²) in [6.07, 6.45) is 0. The number of hydrogen-bond acceptors (Lipinski definition) is 4. The Morgan fingerprint density at radius 3 is 1.72 bits per heavy atom. The van der Waals surface area contributed by atoms with Crippen molar-refractivity contribution < 1.29 is 0 Å². The molecule has 0 aliphatic carbocycles. The molecule has 0 radical (unpaired) electrons. The summed E-state index contributed by atoms with van der Waals surface area (Å²) >= 11 is 1.87. The molecule has 0 N–H and O–H groups in total. The van der Waals surface area contributed by atoms with E-state index in [4.69, 9.17) is 15.0 Å². The lowest BCUT2D eigenvalue weighted by Crippen LogP contribution is -2.00. The zero-order valence-electron chi connectivity index (χ0n) is 26.7. The molecule has 0 bridgehead atoms. The van der Waals surface area contributed by atoms with Crippen LogP contribution in [-0.4, -0.2) is 19.4 Å². The van der Waals surface area contributed by atoms with E-state index in [1.807, 2.05) is 72.0 Å². The molecule has 0 unspecified atom stereocenters. The van der Waals surface area contributed by atoms with Crippen LogP contribution in [0.5, 0.6) is 0 Å². The predicted octanol–water partition coefficient (Wildman–Crippen LogP) is 12.1. The molecule has 0 atom stereocenters. The Morgan fingerprint density at radius 1 is 0.380 bits per heavy atom. The molecule has 0 aliphatic heterocycles. The monoisotopic (exact) mass is 654 g/mol. The lowest BCUT2D eigenvalue weighted by molar-refractivity contribution is 1.07. The maximum Gasteiger partial charge on any atom is 0.164 e. The van der Waals surface area contributed by atoms with Gasteiger partial charge in [-0.3, -0.25) is 0 Å². The van der Waals surface area contributed by atoms with Gasteiger partial charge in [0.15, 0.2) is 17.5 Å². The molecule has 4 nitrogen and oxygen atoms in total.